The highest BCUT2D eigenvalue weighted by Gasteiger charge is 2.24. The fraction of sp³-hybridized carbons (Fsp3) is 0.200. The molecular weight excluding hydrogens is 238 g/mol. The van der Waals surface area contributed by atoms with Crippen LogP contribution in [0.25, 0.3) is 0 Å². The molecule has 1 unspecified atom stereocenters. The molecule has 1 atom stereocenters. The molecule has 1 amide bonds. The Balaban J connectivity index is 1.60. The SMILES string of the molecule is NC(=O)c1ccc(NCC2Cc3ccccc32)nc1. The zero-order valence-corrected chi connectivity index (χ0v) is 10.5. The van der Waals surface area contributed by atoms with Gasteiger partial charge in [0.25, 0.3) is 0 Å². The van der Waals surface area contributed by atoms with E-state index in [0.29, 0.717) is 11.5 Å². The van der Waals surface area contributed by atoms with Crippen LogP contribution in [0.3, 0.4) is 0 Å². The van der Waals surface area contributed by atoms with Crippen molar-refractivity contribution in [1.29, 1.82) is 0 Å². The molecule has 3 N–H and O–H groups in total. The van der Waals surface area contributed by atoms with Gasteiger partial charge in [-0.2, -0.15) is 0 Å². The quantitative estimate of drug-likeness (QED) is 0.874. The van der Waals surface area contributed by atoms with E-state index in [1.54, 1.807) is 12.1 Å². The molecule has 2 aromatic rings. The van der Waals surface area contributed by atoms with E-state index in [2.05, 4.69) is 34.6 Å². The second kappa shape index (κ2) is 4.72. The van der Waals surface area contributed by atoms with Gasteiger partial charge in [0.15, 0.2) is 0 Å². The standard InChI is InChI=1S/C15H15N3O/c16-15(19)11-5-6-14(17-8-11)18-9-12-7-10-3-1-2-4-13(10)12/h1-6,8,12H,7,9H2,(H2,16,19)(H,17,18). The van der Waals surface area contributed by atoms with E-state index in [1.165, 1.54) is 17.3 Å². The Morgan fingerprint density at radius 1 is 1.32 bits per heavy atom. The van der Waals surface area contributed by atoms with E-state index < -0.39 is 5.91 Å². The molecule has 1 heterocycles. The van der Waals surface area contributed by atoms with Gasteiger partial charge in [-0.25, -0.2) is 4.98 Å². The number of carbonyl (C=O) groups excluding carboxylic acids is 1. The predicted molar refractivity (Wildman–Crippen MR) is 74.1 cm³/mol. The minimum absolute atomic E-state index is 0.430. The van der Waals surface area contributed by atoms with Crippen molar-refractivity contribution < 1.29 is 4.79 Å². The second-order valence-corrected chi connectivity index (χ2v) is 4.78. The third kappa shape index (κ3) is 2.29. The maximum Gasteiger partial charge on any atom is 0.250 e. The van der Waals surface area contributed by atoms with Gasteiger partial charge in [-0.1, -0.05) is 24.3 Å². The molecule has 4 nitrogen and oxygen atoms in total. The second-order valence-electron chi connectivity index (χ2n) is 4.78. The normalized spacial score (nSPS) is 16.3. The van der Waals surface area contributed by atoms with Gasteiger partial charge >= 0.3 is 0 Å². The molecule has 0 radical (unpaired) electrons. The number of anilines is 1. The van der Waals surface area contributed by atoms with Crippen LogP contribution in [0.4, 0.5) is 5.82 Å². The number of primary amides is 1. The van der Waals surface area contributed by atoms with E-state index >= 15 is 0 Å². The van der Waals surface area contributed by atoms with Gasteiger partial charge in [0.1, 0.15) is 5.82 Å². The maximum atomic E-state index is 10.9. The highest BCUT2D eigenvalue weighted by molar-refractivity contribution is 5.92. The van der Waals surface area contributed by atoms with E-state index in [-0.39, 0.29) is 0 Å². The fourth-order valence-corrected chi connectivity index (χ4v) is 2.42. The molecule has 0 bridgehead atoms. The molecule has 1 aromatic heterocycles. The van der Waals surface area contributed by atoms with Crippen LogP contribution in [-0.4, -0.2) is 17.4 Å². The van der Waals surface area contributed by atoms with Crippen molar-refractivity contribution in [2.45, 2.75) is 12.3 Å². The van der Waals surface area contributed by atoms with E-state index in [4.69, 9.17) is 5.73 Å². The summed E-state index contributed by atoms with van der Waals surface area (Å²) in [6.45, 7) is 0.861. The molecule has 1 aliphatic carbocycles. The summed E-state index contributed by atoms with van der Waals surface area (Å²) in [7, 11) is 0. The summed E-state index contributed by atoms with van der Waals surface area (Å²) in [4.78, 5) is 15.1. The lowest BCUT2D eigenvalue weighted by atomic mass is 9.77. The number of rotatable bonds is 4. The van der Waals surface area contributed by atoms with Crippen LogP contribution in [-0.2, 0) is 6.42 Å². The Morgan fingerprint density at radius 2 is 2.16 bits per heavy atom. The largest absolute Gasteiger partial charge is 0.369 e. The predicted octanol–water partition coefficient (Wildman–Crippen LogP) is 1.93. The zero-order valence-electron chi connectivity index (χ0n) is 10.5. The molecule has 19 heavy (non-hydrogen) atoms. The number of hydrogen-bond acceptors (Lipinski definition) is 3. The molecule has 0 spiro atoms. The van der Waals surface area contributed by atoms with Crippen molar-refractivity contribution in [1.82, 2.24) is 4.98 Å². The van der Waals surface area contributed by atoms with Gasteiger partial charge in [0, 0.05) is 18.7 Å². The van der Waals surface area contributed by atoms with Gasteiger partial charge in [-0.15, -0.1) is 0 Å². The van der Waals surface area contributed by atoms with Crippen molar-refractivity contribution in [2.75, 3.05) is 11.9 Å². The Morgan fingerprint density at radius 3 is 2.84 bits per heavy atom. The third-order valence-corrected chi connectivity index (χ3v) is 3.54. The topological polar surface area (TPSA) is 68.0 Å². The molecule has 0 aliphatic heterocycles. The Labute approximate surface area is 111 Å². The molecule has 0 saturated heterocycles. The molecule has 0 fully saturated rings. The summed E-state index contributed by atoms with van der Waals surface area (Å²) in [5.74, 6) is 0.871. The first-order valence-electron chi connectivity index (χ1n) is 6.31. The lowest BCUT2D eigenvalue weighted by Gasteiger charge is -2.30. The number of nitrogens with one attached hydrogen (secondary N) is 1. The molecule has 4 heteroatoms. The lowest BCUT2D eigenvalue weighted by Crippen LogP contribution is -2.24. The van der Waals surface area contributed by atoms with Gasteiger partial charge in [-0.05, 0) is 29.7 Å². The number of amides is 1. The minimum Gasteiger partial charge on any atom is -0.369 e. The number of pyridine rings is 1. The van der Waals surface area contributed by atoms with Crippen LogP contribution in [0.15, 0.2) is 42.6 Å². The molecule has 1 aromatic carbocycles. The van der Waals surface area contributed by atoms with Crippen molar-refractivity contribution in [3.05, 3.63) is 59.3 Å². The number of benzene rings is 1. The first-order chi connectivity index (χ1) is 9.24. The summed E-state index contributed by atoms with van der Waals surface area (Å²) in [5.41, 5.74) is 8.46. The van der Waals surface area contributed by atoms with Gasteiger partial charge in [0.2, 0.25) is 5.91 Å². The Kier molecular flexibility index (Phi) is 2.91. The number of nitrogens with two attached hydrogens (primary N) is 1. The molecule has 0 saturated carbocycles. The smallest absolute Gasteiger partial charge is 0.250 e. The van der Waals surface area contributed by atoms with Crippen molar-refractivity contribution in [3.63, 3.8) is 0 Å². The number of hydrogen-bond donors (Lipinski definition) is 2. The van der Waals surface area contributed by atoms with Crippen LogP contribution < -0.4 is 11.1 Å². The minimum atomic E-state index is -0.452. The summed E-state index contributed by atoms with van der Waals surface area (Å²) >= 11 is 0. The van der Waals surface area contributed by atoms with Crippen molar-refractivity contribution in [2.24, 2.45) is 5.73 Å². The number of carbonyl (C=O) groups is 1. The van der Waals surface area contributed by atoms with Crippen molar-refractivity contribution in [3.8, 4) is 0 Å². The monoisotopic (exact) mass is 253 g/mol. The Bertz CT molecular complexity index is 607. The van der Waals surface area contributed by atoms with Crippen LogP contribution in [0.1, 0.15) is 27.4 Å². The molecule has 1 aliphatic rings. The molecular formula is C15H15N3O. The Hall–Kier alpha value is -2.36. The van der Waals surface area contributed by atoms with Crippen LogP contribution in [0.2, 0.25) is 0 Å². The average Bonchev–Trinajstić information content (AvgIpc) is 2.40. The van der Waals surface area contributed by atoms with E-state index in [9.17, 15) is 4.79 Å². The van der Waals surface area contributed by atoms with Crippen LogP contribution in [0, 0.1) is 0 Å². The third-order valence-electron chi connectivity index (χ3n) is 3.54. The van der Waals surface area contributed by atoms with Crippen LogP contribution in [0.5, 0.6) is 0 Å². The first kappa shape index (κ1) is 11.7. The summed E-state index contributed by atoms with van der Waals surface area (Å²) < 4.78 is 0. The molecule has 3 rings (SSSR count). The maximum absolute atomic E-state index is 10.9. The zero-order chi connectivity index (χ0) is 13.2. The van der Waals surface area contributed by atoms with Gasteiger partial charge < -0.3 is 11.1 Å². The number of fused-ring (bicyclic) bond motifs is 1. The summed E-state index contributed by atoms with van der Waals surface area (Å²) in [5, 5.41) is 3.29. The summed E-state index contributed by atoms with van der Waals surface area (Å²) in [6, 6.07) is 12.0. The average molecular weight is 253 g/mol. The van der Waals surface area contributed by atoms with Crippen LogP contribution >= 0.6 is 0 Å². The highest BCUT2D eigenvalue weighted by Crippen LogP contribution is 2.34. The van der Waals surface area contributed by atoms with Gasteiger partial charge in [0.05, 0.1) is 5.56 Å². The van der Waals surface area contributed by atoms with E-state index in [0.717, 1.165) is 18.8 Å². The number of aromatic nitrogens is 1. The highest BCUT2D eigenvalue weighted by atomic mass is 16.1. The molecule has 96 valence electrons. The van der Waals surface area contributed by atoms with Crippen molar-refractivity contribution >= 4 is 11.7 Å². The lowest BCUT2D eigenvalue weighted by molar-refractivity contribution is 0.1000. The first-order valence-corrected chi connectivity index (χ1v) is 6.31. The fourth-order valence-electron chi connectivity index (χ4n) is 2.42. The van der Waals surface area contributed by atoms with E-state index in [1.807, 2.05) is 0 Å². The number of nitrogens with zero attached hydrogens (tertiary/aromatic N) is 1. The van der Waals surface area contributed by atoms with Gasteiger partial charge in [-0.3, -0.25) is 4.79 Å². The summed E-state index contributed by atoms with van der Waals surface area (Å²) in [6.07, 6.45) is 2.61.